The number of hydrogen-bond donors (Lipinski definition) is 3. The molecule has 0 saturated carbocycles. The van der Waals surface area contributed by atoms with Gasteiger partial charge in [0.2, 0.25) is 5.91 Å². The van der Waals surface area contributed by atoms with Crippen molar-refractivity contribution in [1.29, 1.82) is 0 Å². The molecule has 1 aromatic carbocycles. The molecule has 6 nitrogen and oxygen atoms in total. The summed E-state index contributed by atoms with van der Waals surface area (Å²) in [5, 5.41) is 9.10. The highest BCUT2D eigenvalue weighted by Gasteiger charge is 2.03. The molecule has 0 saturated heterocycles. The minimum Gasteiger partial charge on any atom is -0.355 e. The zero-order chi connectivity index (χ0) is 17.0. The van der Waals surface area contributed by atoms with Crippen molar-refractivity contribution in [3.8, 4) is 0 Å². The number of amides is 1. The highest BCUT2D eigenvalue weighted by molar-refractivity contribution is 5.86. The van der Waals surface area contributed by atoms with Crippen molar-refractivity contribution in [2.24, 2.45) is 4.99 Å². The summed E-state index contributed by atoms with van der Waals surface area (Å²) in [5.74, 6) is 0.583. The summed E-state index contributed by atoms with van der Waals surface area (Å²) in [6, 6.07) is 14.1. The first-order valence-corrected chi connectivity index (χ1v) is 8.14. The maximum Gasteiger partial charge on any atom is 0.239 e. The Morgan fingerprint density at radius 3 is 2.46 bits per heavy atom. The Morgan fingerprint density at radius 1 is 1.00 bits per heavy atom. The molecule has 2 aromatic rings. The zero-order valence-electron chi connectivity index (χ0n) is 14.0. The first kappa shape index (κ1) is 17.6. The first-order chi connectivity index (χ1) is 11.8. The van der Waals surface area contributed by atoms with Crippen LogP contribution in [0.25, 0.3) is 0 Å². The fourth-order valence-electron chi connectivity index (χ4n) is 2.26. The normalized spacial score (nSPS) is 11.1. The molecule has 2 rings (SSSR count). The fraction of sp³-hybridized carbons (Fsp3) is 0.333. The number of rotatable bonds is 8. The van der Waals surface area contributed by atoms with Gasteiger partial charge < -0.3 is 20.5 Å². The number of nitrogens with zero attached hydrogens (tertiary/aromatic N) is 2. The number of carbonyl (C=O) groups is 1. The van der Waals surface area contributed by atoms with Gasteiger partial charge >= 0.3 is 0 Å². The summed E-state index contributed by atoms with van der Waals surface area (Å²) in [5.41, 5.74) is 1.22. The quantitative estimate of drug-likeness (QED) is 0.501. The first-order valence-electron chi connectivity index (χ1n) is 8.14. The lowest BCUT2D eigenvalue weighted by molar-refractivity contribution is -0.119. The van der Waals surface area contributed by atoms with E-state index in [2.05, 4.69) is 37.6 Å². The van der Waals surface area contributed by atoms with E-state index in [0.29, 0.717) is 12.5 Å². The third-order valence-electron chi connectivity index (χ3n) is 3.55. The Morgan fingerprint density at radius 2 is 1.75 bits per heavy atom. The smallest absolute Gasteiger partial charge is 0.239 e. The third-order valence-corrected chi connectivity index (χ3v) is 3.55. The van der Waals surface area contributed by atoms with Crippen LogP contribution < -0.4 is 16.0 Å². The highest BCUT2D eigenvalue weighted by atomic mass is 16.1. The predicted octanol–water partition coefficient (Wildman–Crippen LogP) is 1.01. The van der Waals surface area contributed by atoms with Gasteiger partial charge in [-0.25, -0.2) is 0 Å². The van der Waals surface area contributed by atoms with Crippen molar-refractivity contribution in [2.75, 3.05) is 26.7 Å². The Balaban J connectivity index is 1.58. The van der Waals surface area contributed by atoms with Crippen LogP contribution in [-0.4, -0.2) is 43.1 Å². The molecular weight excluding hydrogens is 302 g/mol. The van der Waals surface area contributed by atoms with Gasteiger partial charge in [0.05, 0.1) is 6.54 Å². The molecule has 0 unspecified atom stereocenters. The molecule has 0 bridgehead atoms. The second-order valence-corrected chi connectivity index (χ2v) is 5.36. The Hall–Kier alpha value is -2.76. The molecule has 6 heteroatoms. The van der Waals surface area contributed by atoms with Crippen molar-refractivity contribution in [3.63, 3.8) is 0 Å². The number of aliphatic imine (C=N–C) groups is 1. The summed E-state index contributed by atoms with van der Waals surface area (Å²) in [4.78, 5) is 16.0. The average Bonchev–Trinajstić information content (AvgIpc) is 3.12. The van der Waals surface area contributed by atoms with Crippen LogP contribution >= 0.6 is 0 Å². The molecule has 1 aromatic heterocycles. The molecule has 0 fully saturated rings. The van der Waals surface area contributed by atoms with E-state index in [1.807, 2.05) is 42.7 Å². The standard InChI is InChI=1S/C18H25N5O/c1-19-18(21-11-14-23-12-5-6-13-23)22-15-17(24)20-10-9-16-7-3-2-4-8-16/h2-8,12-13H,9-11,14-15H2,1H3,(H,20,24)(H2,19,21,22). The molecule has 1 amide bonds. The van der Waals surface area contributed by atoms with Gasteiger partial charge in [0, 0.05) is 39.1 Å². The van der Waals surface area contributed by atoms with Crippen LogP contribution in [0.3, 0.4) is 0 Å². The Labute approximate surface area is 143 Å². The maximum absolute atomic E-state index is 11.9. The van der Waals surface area contributed by atoms with Crippen LogP contribution in [0.4, 0.5) is 0 Å². The van der Waals surface area contributed by atoms with Crippen molar-refractivity contribution >= 4 is 11.9 Å². The minimum atomic E-state index is -0.0423. The van der Waals surface area contributed by atoms with Gasteiger partial charge in [-0.2, -0.15) is 0 Å². The number of hydrogen-bond acceptors (Lipinski definition) is 2. The van der Waals surface area contributed by atoms with Crippen molar-refractivity contribution in [3.05, 3.63) is 60.4 Å². The van der Waals surface area contributed by atoms with Crippen LogP contribution in [0.15, 0.2) is 59.9 Å². The van der Waals surface area contributed by atoms with Crippen LogP contribution in [0.5, 0.6) is 0 Å². The third kappa shape index (κ3) is 6.56. The van der Waals surface area contributed by atoms with Gasteiger partial charge in [0.25, 0.3) is 0 Å². The molecule has 1 heterocycles. The van der Waals surface area contributed by atoms with E-state index in [0.717, 1.165) is 19.5 Å². The number of carbonyl (C=O) groups excluding carboxylic acids is 1. The Kier molecular flexibility index (Phi) is 7.40. The van der Waals surface area contributed by atoms with Gasteiger partial charge in [0.1, 0.15) is 0 Å². The largest absolute Gasteiger partial charge is 0.355 e. The van der Waals surface area contributed by atoms with E-state index in [9.17, 15) is 4.79 Å². The van der Waals surface area contributed by atoms with E-state index in [4.69, 9.17) is 0 Å². The number of guanidine groups is 1. The van der Waals surface area contributed by atoms with Crippen LogP contribution in [-0.2, 0) is 17.8 Å². The summed E-state index contributed by atoms with van der Waals surface area (Å²) in [6.07, 6.45) is 4.85. The second-order valence-electron chi connectivity index (χ2n) is 5.36. The lowest BCUT2D eigenvalue weighted by Crippen LogP contribution is -2.44. The summed E-state index contributed by atoms with van der Waals surface area (Å²) in [6.45, 7) is 2.42. The van der Waals surface area contributed by atoms with Gasteiger partial charge in [-0.3, -0.25) is 9.79 Å². The van der Waals surface area contributed by atoms with E-state index >= 15 is 0 Å². The summed E-state index contributed by atoms with van der Waals surface area (Å²) in [7, 11) is 1.69. The maximum atomic E-state index is 11.9. The minimum absolute atomic E-state index is 0.0423. The van der Waals surface area contributed by atoms with Crippen LogP contribution in [0.1, 0.15) is 5.56 Å². The zero-order valence-corrected chi connectivity index (χ0v) is 14.0. The van der Waals surface area contributed by atoms with Gasteiger partial charge in [-0.15, -0.1) is 0 Å². The monoisotopic (exact) mass is 327 g/mol. The average molecular weight is 327 g/mol. The topological polar surface area (TPSA) is 70.5 Å². The van der Waals surface area contributed by atoms with E-state index < -0.39 is 0 Å². The fourth-order valence-corrected chi connectivity index (χ4v) is 2.26. The lowest BCUT2D eigenvalue weighted by Gasteiger charge is -2.12. The van der Waals surface area contributed by atoms with Crippen LogP contribution in [0, 0.1) is 0 Å². The second kappa shape index (κ2) is 10.1. The predicted molar refractivity (Wildman–Crippen MR) is 97.0 cm³/mol. The molecule has 24 heavy (non-hydrogen) atoms. The van der Waals surface area contributed by atoms with Crippen molar-refractivity contribution in [1.82, 2.24) is 20.5 Å². The molecule has 3 N–H and O–H groups in total. The Bertz CT molecular complexity index is 622. The van der Waals surface area contributed by atoms with E-state index in [1.165, 1.54) is 5.56 Å². The summed E-state index contributed by atoms with van der Waals surface area (Å²) >= 11 is 0. The van der Waals surface area contributed by atoms with E-state index in [1.54, 1.807) is 7.05 Å². The number of aromatic nitrogens is 1. The molecule has 0 aliphatic rings. The van der Waals surface area contributed by atoms with E-state index in [-0.39, 0.29) is 12.5 Å². The van der Waals surface area contributed by atoms with Gasteiger partial charge in [-0.1, -0.05) is 30.3 Å². The van der Waals surface area contributed by atoms with Gasteiger partial charge in [-0.05, 0) is 24.1 Å². The van der Waals surface area contributed by atoms with Gasteiger partial charge in [0.15, 0.2) is 5.96 Å². The number of nitrogens with one attached hydrogen (secondary N) is 3. The van der Waals surface area contributed by atoms with Crippen molar-refractivity contribution < 1.29 is 4.79 Å². The highest BCUT2D eigenvalue weighted by Crippen LogP contribution is 1.97. The number of benzene rings is 1. The van der Waals surface area contributed by atoms with Crippen molar-refractivity contribution in [2.45, 2.75) is 13.0 Å². The summed E-state index contributed by atoms with van der Waals surface area (Å²) < 4.78 is 2.08. The molecule has 0 radical (unpaired) electrons. The molecule has 0 aliphatic carbocycles. The molecule has 0 spiro atoms. The lowest BCUT2D eigenvalue weighted by atomic mass is 10.1. The molecule has 128 valence electrons. The molecular formula is C18H25N5O. The molecule has 0 atom stereocenters. The SMILES string of the molecule is CN=C(NCCn1cccc1)NCC(=O)NCCc1ccccc1. The van der Waals surface area contributed by atoms with Crippen LogP contribution in [0.2, 0.25) is 0 Å². The molecule has 0 aliphatic heterocycles.